The van der Waals surface area contributed by atoms with E-state index in [9.17, 15) is 4.79 Å². The van der Waals surface area contributed by atoms with Gasteiger partial charge in [-0.2, -0.15) is 0 Å². The first kappa shape index (κ1) is 19.8. The third-order valence-corrected chi connectivity index (χ3v) is 6.66. The smallest absolute Gasteiger partial charge is 0.247 e. The van der Waals surface area contributed by atoms with Crippen molar-refractivity contribution in [1.29, 1.82) is 0 Å². The molecule has 3 aromatic rings. The third kappa shape index (κ3) is 3.70. The van der Waals surface area contributed by atoms with E-state index in [4.69, 9.17) is 4.98 Å². The normalized spacial score (nSPS) is 18.4. The van der Waals surface area contributed by atoms with Gasteiger partial charge in [-0.05, 0) is 49.6 Å². The van der Waals surface area contributed by atoms with Gasteiger partial charge in [0.25, 0.3) is 0 Å². The fraction of sp³-hybridized carbons (Fsp3) is 0.308. The monoisotopic (exact) mass is 412 g/mol. The Kier molecular flexibility index (Phi) is 5.20. The highest BCUT2D eigenvalue weighted by molar-refractivity contribution is 5.93. The van der Waals surface area contributed by atoms with Crippen molar-refractivity contribution in [3.05, 3.63) is 84.1 Å². The lowest BCUT2D eigenvalue weighted by molar-refractivity contribution is -0.125. The van der Waals surface area contributed by atoms with Gasteiger partial charge in [0, 0.05) is 37.1 Å². The summed E-state index contributed by atoms with van der Waals surface area (Å²) in [7, 11) is 0. The van der Waals surface area contributed by atoms with Crippen LogP contribution in [0, 0.1) is 6.92 Å². The van der Waals surface area contributed by atoms with E-state index in [1.165, 1.54) is 11.1 Å². The molecule has 1 spiro atoms. The van der Waals surface area contributed by atoms with Crippen molar-refractivity contribution < 1.29 is 4.79 Å². The van der Waals surface area contributed by atoms with Gasteiger partial charge in [-0.15, -0.1) is 0 Å². The molecule has 5 nitrogen and oxygen atoms in total. The van der Waals surface area contributed by atoms with E-state index in [2.05, 4.69) is 64.5 Å². The second-order valence-corrected chi connectivity index (χ2v) is 8.62. The number of piperidine rings is 1. The van der Waals surface area contributed by atoms with Crippen LogP contribution in [0.15, 0.2) is 72.9 Å². The summed E-state index contributed by atoms with van der Waals surface area (Å²) in [6.45, 7) is 5.32. The molecule has 2 fully saturated rings. The number of likely N-dealkylation sites (tertiary alicyclic amines) is 1. The highest BCUT2D eigenvalue weighted by atomic mass is 16.2. The predicted octanol–water partition coefficient (Wildman–Crippen LogP) is 3.99. The maximum Gasteiger partial charge on any atom is 0.247 e. The zero-order valence-electron chi connectivity index (χ0n) is 17.9. The summed E-state index contributed by atoms with van der Waals surface area (Å²) in [5.74, 6) is 0.165. The summed E-state index contributed by atoms with van der Waals surface area (Å²) in [5, 5.41) is 3.09. The van der Waals surface area contributed by atoms with Gasteiger partial charge in [-0.3, -0.25) is 14.7 Å². The Hall–Kier alpha value is -3.18. The zero-order valence-corrected chi connectivity index (χ0v) is 17.9. The van der Waals surface area contributed by atoms with E-state index in [-0.39, 0.29) is 5.91 Å². The van der Waals surface area contributed by atoms with Crippen molar-refractivity contribution in [3.8, 4) is 11.3 Å². The minimum Gasteiger partial charge on any atom is -0.339 e. The first-order chi connectivity index (χ1) is 15.2. The highest BCUT2D eigenvalue weighted by Crippen LogP contribution is 2.36. The summed E-state index contributed by atoms with van der Waals surface area (Å²) in [5.41, 5.74) is 5.36. The second kappa shape index (κ2) is 8.16. The summed E-state index contributed by atoms with van der Waals surface area (Å²) in [6.07, 6.45) is 3.52. The molecular formula is C26H28N4O. The van der Waals surface area contributed by atoms with E-state index in [1.54, 1.807) is 0 Å². The maximum atomic E-state index is 12.9. The Morgan fingerprint density at radius 2 is 1.81 bits per heavy atom. The summed E-state index contributed by atoms with van der Waals surface area (Å²) < 4.78 is 0. The Balaban J connectivity index is 1.33. The minimum absolute atomic E-state index is 0.165. The molecule has 2 aromatic carbocycles. The van der Waals surface area contributed by atoms with Crippen LogP contribution in [0.5, 0.6) is 0 Å². The van der Waals surface area contributed by atoms with Crippen LogP contribution in [-0.2, 0) is 11.3 Å². The molecule has 3 heterocycles. The van der Waals surface area contributed by atoms with Gasteiger partial charge in [0.15, 0.2) is 0 Å². The topological polar surface area (TPSA) is 48.5 Å². The Morgan fingerprint density at radius 3 is 2.58 bits per heavy atom. The van der Waals surface area contributed by atoms with E-state index in [0.29, 0.717) is 6.67 Å². The number of aromatic nitrogens is 1. The molecule has 5 heteroatoms. The van der Waals surface area contributed by atoms with Crippen LogP contribution >= 0.6 is 0 Å². The fourth-order valence-electron chi connectivity index (χ4n) is 4.97. The molecule has 31 heavy (non-hydrogen) atoms. The number of rotatable bonds is 4. The third-order valence-electron chi connectivity index (χ3n) is 6.66. The molecule has 0 atom stereocenters. The highest BCUT2D eigenvalue weighted by Gasteiger charge is 2.50. The molecule has 2 aliphatic rings. The van der Waals surface area contributed by atoms with Crippen LogP contribution in [0.25, 0.3) is 11.3 Å². The van der Waals surface area contributed by atoms with Crippen molar-refractivity contribution >= 4 is 11.6 Å². The number of hydrogen-bond donors (Lipinski definition) is 1. The van der Waals surface area contributed by atoms with Crippen molar-refractivity contribution in [2.75, 3.05) is 24.7 Å². The van der Waals surface area contributed by atoms with E-state index in [0.717, 1.165) is 49.4 Å². The molecule has 0 saturated carbocycles. The van der Waals surface area contributed by atoms with E-state index in [1.807, 2.05) is 30.5 Å². The molecule has 0 radical (unpaired) electrons. The number of carbonyl (C=O) groups excluding carboxylic acids is 1. The Morgan fingerprint density at radius 1 is 1.00 bits per heavy atom. The van der Waals surface area contributed by atoms with Gasteiger partial charge < -0.3 is 10.2 Å². The number of para-hydroxylation sites is 1. The van der Waals surface area contributed by atoms with E-state index < -0.39 is 5.54 Å². The zero-order chi connectivity index (χ0) is 21.3. The largest absolute Gasteiger partial charge is 0.339 e. The van der Waals surface area contributed by atoms with Crippen LogP contribution in [0.1, 0.15) is 24.0 Å². The fourth-order valence-corrected chi connectivity index (χ4v) is 4.97. The number of hydrogen-bond acceptors (Lipinski definition) is 4. The molecular weight excluding hydrogens is 384 g/mol. The number of nitrogens with one attached hydrogen (secondary N) is 1. The number of aryl methyl sites for hydroxylation is 1. The molecule has 0 bridgehead atoms. The molecule has 158 valence electrons. The Labute approximate surface area is 183 Å². The van der Waals surface area contributed by atoms with E-state index >= 15 is 0 Å². The van der Waals surface area contributed by atoms with Gasteiger partial charge in [0.1, 0.15) is 5.54 Å². The number of pyridine rings is 1. The molecule has 5 rings (SSSR count). The van der Waals surface area contributed by atoms with Gasteiger partial charge in [-0.1, -0.05) is 48.0 Å². The lowest BCUT2D eigenvalue weighted by Gasteiger charge is -2.43. The maximum absolute atomic E-state index is 12.9. The van der Waals surface area contributed by atoms with Gasteiger partial charge in [-0.25, -0.2) is 0 Å². The van der Waals surface area contributed by atoms with Crippen molar-refractivity contribution in [2.45, 2.75) is 31.8 Å². The average Bonchev–Trinajstić information content (AvgIpc) is 3.12. The quantitative estimate of drug-likeness (QED) is 0.704. The number of carbonyl (C=O) groups is 1. The van der Waals surface area contributed by atoms with Gasteiger partial charge >= 0.3 is 0 Å². The lowest BCUT2D eigenvalue weighted by Crippen LogP contribution is -2.56. The first-order valence-corrected chi connectivity index (χ1v) is 11.0. The van der Waals surface area contributed by atoms with Gasteiger partial charge in [0.2, 0.25) is 5.91 Å². The average molecular weight is 413 g/mol. The number of anilines is 1. The Bertz CT molecular complexity index is 1070. The van der Waals surface area contributed by atoms with Crippen LogP contribution in [0.3, 0.4) is 0 Å². The SMILES string of the molecule is Cc1cccc(-c2ncccc2CN2CCC3(CC2)C(=O)NCN3c2ccccc2)c1. The molecule has 1 aromatic heterocycles. The molecule has 2 saturated heterocycles. The minimum atomic E-state index is -0.438. The van der Waals surface area contributed by atoms with Crippen LogP contribution < -0.4 is 10.2 Å². The molecule has 1 amide bonds. The molecule has 2 aliphatic heterocycles. The second-order valence-electron chi connectivity index (χ2n) is 8.62. The number of nitrogens with zero attached hydrogens (tertiary/aromatic N) is 3. The summed E-state index contributed by atoms with van der Waals surface area (Å²) >= 11 is 0. The molecule has 0 unspecified atom stereocenters. The summed E-state index contributed by atoms with van der Waals surface area (Å²) in [4.78, 5) is 22.3. The van der Waals surface area contributed by atoms with Crippen LogP contribution in [0.2, 0.25) is 0 Å². The standard InChI is InChI=1S/C26H28N4O/c1-20-7-5-8-21(17-20)24-22(9-6-14-27-24)18-29-15-12-26(13-16-29)25(31)28-19-30(26)23-10-3-2-4-11-23/h2-11,14,17H,12-13,15-16,18-19H2,1H3,(H,28,31). The van der Waals surface area contributed by atoms with Crippen molar-refractivity contribution in [2.24, 2.45) is 0 Å². The van der Waals surface area contributed by atoms with Crippen LogP contribution in [-0.4, -0.2) is 41.1 Å². The summed E-state index contributed by atoms with van der Waals surface area (Å²) in [6, 6.07) is 23.0. The first-order valence-electron chi connectivity index (χ1n) is 11.0. The molecule has 0 aliphatic carbocycles. The predicted molar refractivity (Wildman–Crippen MR) is 124 cm³/mol. The van der Waals surface area contributed by atoms with Crippen molar-refractivity contribution in [3.63, 3.8) is 0 Å². The van der Waals surface area contributed by atoms with Crippen molar-refractivity contribution in [1.82, 2.24) is 15.2 Å². The van der Waals surface area contributed by atoms with Gasteiger partial charge in [0.05, 0.1) is 12.4 Å². The van der Waals surface area contributed by atoms with Crippen LogP contribution in [0.4, 0.5) is 5.69 Å². The molecule has 1 N–H and O–H groups in total. The lowest BCUT2D eigenvalue weighted by atomic mass is 9.85. The number of amides is 1. The number of benzene rings is 2.